The van der Waals surface area contributed by atoms with Gasteiger partial charge < -0.3 is 9.64 Å². The van der Waals surface area contributed by atoms with Crippen molar-refractivity contribution >= 4 is 0 Å². The zero-order chi connectivity index (χ0) is 12.3. The molecule has 0 fully saturated rings. The fraction of sp³-hybridized carbons (Fsp3) is 0.571. The molecule has 90 valence electrons. The molecule has 1 aromatic carbocycles. The van der Waals surface area contributed by atoms with Crippen LogP contribution in [0, 0.1) is 20.8 Å². The highest BCUT2D eigenvalue weighted by Gasteiger charge is 2.13. The maximum Gasteiger partial charge on any atom is 0.126 e. The van der Waals surface area contributed by atoms with Gasteiger partial charge in [-0.2, -0.15) is 0 Å². The Morgan fingerprint density at radius 1 is 1.19 bits per heavy atom. The largest absolute Gasteiger partial charge is 0.496 e. The molecule has 1 aromatic rings. The first kappa shape index (κ1) is 13.0. The first-order valence-electron chi connectivity index (χ1n) is 5.83. The van der Waals surface area contributed by atoms with E-state index in [1.807, 2.05) is 0 Å². The van der Waals surface area contributed by atoms with Gasteiger partial charge in [-0.05, 0) is 51.1 Å². The van der Waals surface area contributed by atoms with Crippen molar-refractivity contribution in [3.63, 3.8) is 0 Å². The summed E-state index contributed by atoms with van der Waals surface area (Å²) in [5.41, 5.74) is 5.19. The molecule has 0 spiro atoms. The highest BCUT2D eigenvalue weighted by molar-refractivity contribution is 5.49. The third-order valence-electron chi connectivity index (χ3n) is 3.29. The highest BCUT2D eigenvalue weighted by atomic mass is 16.5. The molecule has 0 saturated heterocycles. The van der Waals surface area contributed by atoms with Crippen LogP contribution in [0.25, 0.3) is 0 Å². The first-order valence-corrected chi connectivity index (χ1v) is 5.83. The van der Waals surface area contributed by atoms with Crippen molar-refractivity contribution in [2.45, 2.75) is 34.2 Å². The number of ether oxygens (including phenoxy) is 1. The van der Waals surface area contributed by atoms with Gasteiger partial charge in [-0.15, -0.1) is 0 Å². The number of aryl methyl sites for hydroxylation is 2. The molecular weight excluding hydrogens is 198 g/mol. The molecule has 0 aliphatic carbocycles. The SMILES string of the molecule is CCN(C)Cc1c(C)cc(C)c(C)c1OC. The average molecular weight is 221 g/mol. The van der Waals surface area contributed by atoms with E-state index < -0.39 is 0 Å². The van der Waals surface area contributed by atoms with Crippen molar-refractivity contribution in [3.8, 4) is 5.75 Å². The van der Waals surface area contributed by atoms with Crippen LogP contribution in [0.4, 0.5) is 0 Å². The molecule has 2 heteroatoms. The van der Waals surface area contributed by atoms with Crippen LogP contribution in [0.1, 0.15) is 29.2 Å². The molecule has 16 heavy (non-hydrogen) atoms. The van der Waals surface area contributed by atoms with Crippen LogP contribution in [0.2, 0.25) is 0 Å². The molecule has 0 amide bonds. The van der Waals surface area contributed by atoms with Gasteiger partial charge in [0.15, 0.2) is 0 Å². The van der Waals surface area contributed by atoms with Gasteiger partial charge in [0.2, 0.25) is 0 Å². The highest BCUT2D eigenvalue weighted by Crippen LogP contribution is 2.30. The summed E-state index contributed by atoms with van der Waals surface area (Å²) in [5, 5.41) is 0. The summed E-state index contributed by atoms with van der Waals surface area (Å²) < 4.78 is 5.56. The van der Waals surface area contributed by atoms with Crippen molar-refractivity contribution in [1.82, 2.24) is 4.90 Å². The monoisotopic (exact) mass is 221 g/mol. The van der Waals surface area contributed by atoms with Crippen LogP contribution in [-0.4, -0.2) is 25.6 Å². The molecule has 1 rings (SSSR count). The lowest BCUT2D eigenvalue weighted by atomic mass is 9.98. The molecule has 0 saturated carbocycles. The Hall–Kier alpha value is -1.02. The molecule has 0 unspecified atom stereocenters. The van der Waals surface area contributed by atoms with Crippen molar-refractivity contribution in [1.29, 1.82) is 0 Å². The summed E-state index contributed by atoms with van der Waals surface area (Å²) in [5.74, 6) is 1.05. The van der Waals surface area contributed by atoms with E-state index in [2.05, 4.69) is 45.7 Å². The Balaban J connectivity index is 3.20. The van der Waals surface area contributed by atoms with Crippen molar-refractivity contribution in [3.05, 3.63) is 28.3 Å². The van der Waals surface area contributed by atoms with E-state index in [0.29, 0.717) is 0 Å². The summed E-state index contributed by atoms with van der Waals surface area (Å²) in [4.78, 5) is 2.29. The van der Waals surface area contributed by atoms with Crippen LogP contribution in [0.3, 0.4) is 0 Å². The van der Waals surface area contributed by atoms with Crippen molar-refractivity contribution in [2.24, 2.45) is 0 Å². The Labute approximate surface area is 99.2 Å². The smallest absolute Gasteiger partial charge is 0.126 e. The van der Waals surface area contributed by atoms with Gasteiger partial charge >= 0.3 is 0 Å². The van der Waals surface area contributed by atoms with Crippen molar-refractivity contribution < 1.29 is 4.74 Å². The molecule has 0 bridgehead atoms. The molecule has 0 N–H and O–H groups in total. The number of hydrogen-bond donors (Lipinski definition) is 0. The molecule has 0 heterocycles. The van der Waals surface area contributed by atoms with Crippen LogP contribution < -0.4 is 4.74 Å². The zero-order valence-electron chi connectivity index (χ0n) is 11.3. The molecule has 2 nitrogen and oxygen atoms in total. The average Bonchev–Trinajstić information content (AvgIpc) is 2.26. The predicted octanol–water partition coefficient (Wildman–Crippen LogP) is 3.07. The summed E-state index contributed by atoms with van der Waals surface area (Å²) in [6, 6.07) is 2.25. The number of hydrogen-bond acceptors (Lipinski definition) is 2. The summed E-state index contributed by atoms with van der Waals surface area (Å²) in [6.07, 6.45) is 0. The second-order valence-electron chi connectivity index (χ2n) is 4.48. The quantitative estimate of drug-likeness (QED) is 0.774. The lowest BCUT2D eigenvalue weighted by Crippen LogP contribution is -2.18. The van der Waals surface area contributed by atoms with Gasteiger partial charge in [0.1, 0.15) is 5.75 Å². The Kier molecular flexibility index (Phi) is 4.36. The van der Waals surface area contributed by atoms with Gasteiger partial charge in [0.25, 0.3) is 0 Å². The number of rotatable bonds is 4. The number of benzene rings is 1. The number of methoxy groups -OCH3 is 1. The third kappa shape index (κ3) is 2.56. The fourth-order valence-corrected chi connectivity index (χ4v) is 1.96. The lowest BCUT2D eigenvalue weighted by Gasteiger charge is -2.21. The zero-order valence-corrected chi connectivity index (χ0v) is 11.3. The fourth-order valence-electron chi connectivity index (χ4n) is 1.96. The third-order valence-corrected chi connectivity index (χ3v) is 3.29. The standard InChI is InChI=1S/C14H23NO/c1-7-15(5)9-13-11(3)8-10(2)12(4)14(13)16-6/h8H,7,9H2,1-6H3. The minimum absolute atomic E-state index is 0.951. The van der Waals surface area contributed by atoms with E-state index in [0.717, 1.165) is 18.8 Å². The predicted molar refractivity (Wildman–Crippen MR) is 69.2 cm³/mol. The van der Waals surface area contributed by atoms with E-state index in [-0.39, 0.29) is 0 Å². The van der Waals surface area contributed by atoms with Gasteiger partial charge in [0, 0.05) is 12.1 Å². The summed E-state index contributed by atoms with van der Waals surface area (Å²) >= 11 is 0. The van der Waals surface area contributed by atoms with Crippen LogP contribution in [-0.2, 0) is 6.54 Å². The summed E-state index contributed by atoms with van der Waals surface area (Å²) in [7, 11) is 3.89. The Morgan fingerprint density at radius 2 is 1.81 bits per heavy atom. The van der Waals surface area contributed by atoms with Gasteiger partial charge in [0.05, 0.1) is 7.11 Å². The molecule has 0 aliphatic rings. The maximum absolute atomic E-state index is 5.56. The van der Waals surface area contributed by atoms with Crippen LogP contribution >= 0.6 is 0 Å². The minimum Gasteiger partial charge on any atom is -0.496 e. The van der Waals surface area contributed by atoms with E-state index >= 15 is 0 Å². The van der Waals surface area contributed by atoms with Gasteiger partial charge in [-0.1, -0.05) is 13.0 Å². The van der Waals surface area contributed by atoms with Gasteiger partial charge in [-0.3, -0.25) is 0 Å². The van der Waals surface area contributed by atoms with E-state index in [9.17, 15) is 0 Å². The molecule has 0 radical (unpaired) electrons. The Morgan fingerprint density at radius 3 is 2.31 bits per heavy atom. The lowest BCUT2D eigenvalue weighted by molar-refractivity contribution is 0.331. The van der Waals surface area contributed by atoms with E-state index in [1.165, 1.54) is 22.3 Å². The second kappa shape index (κ2) is 5.35. The maximum atomic E-state index is 5.56. The van der Waals surface area contributed by atoms with Gasteiger partial charge in [-0.25, -0.2) is 0 Å². The molecule has 0 atom stereocenters. The topological polar surface area (TPSA) is 12.5 Å². The molecular formula is C14H23NO. The van der Waals surface area contributed by atoms with Crippen LogP contribution in [0.15, 0.2) is 6.07 Å². The first-order chi connectivity index (χ1) is 7.51. The molecule has 0 aliphatic heterocycles. The van der Waals surface area contributed by atoms with Crippen LogP contribution in [0.5, 0.6) is 5.75 Å². The second-order valence-corrected chi connectivity index (χ2v) is 4.48. The van der Waals surface area contributed by atoms with E-state index in [1.54, 1.807) is 7.11 Å². The summed E-state index contributed by atoms with van der Waals surface area (Å²) in [6.45, 7) is 10.6. The Bertz CT molecular complexity index is 371. The normalized spacial score (nSPS) is 10.9. The minimum atomic E-state index is 0.951. The molecule has 0 aromatic heterocycles. The van der Waals surface area contributed by atoms with E-state index in [4.69, 9.17) is 4.74 Å². The number of nitrogens with zero attached hydrogens (tertiary/aromatic N) is 1. The van der Waals surface area contributed by atoms with Crippen molar-refractivity contribution in [2.75, 3.05) is 20.7 Å².